The summed E-state index contributed by atoms with van der Waals surface area (Å²) in [6, 6.07) is 13.4. The number of nitrogens with one attached hydrogen (secondary N) is 1. The molecular weight excluding hydrogens is 545 g/mol. The van der Waals surface area contributed by atoms with Crippen LogP contribution >= 0.6 is 0 Å². The Balaban J connectivity index is 0.000000673. The van der Waals surface area contributed by atoms with Crippen molar-refractivity contribution in [3.05, 3.63) is 59.7 Å². The zero-order valence-corrected chi connectivity index (χ0v) is 22.0. The number of hydrogen-bond donors (Lipinski definition) is 3. The van der Waals surface area contributed by atoms with Crippen molar-refractivity contribution in [2.45, 2.75) is 11.9 Å². The predicted molar refractivity (Wildman–Crippen MR) is 137 cm³/mol. The van der Waals surface area contributed by atoms with Crippen molar-refractivity contribution < 1.29 is 46.2 Å². The number of carbonyl (C=O) groups is 3. The minimum absolute atomic E-state index is 0.0346. The number of amides is 1. The Morgan fingerprint density at radius 1 is 0.974 bits per heavy atom. The summed E-state index contributed by atoms with van der Waals surface area (Å²) in [5, 5.41) is 16.8. The number of rotatable bonds is 8. The second-order valence-electron chi connectivity index (χ2n) is 8.74. The summed E-state index contributed by atoms with van der Waals surface area (Å²) < 4.78 is 59.2. The number of aliphatic carboxylic acids is 1. The van der Waals surface area contributed by atoms with E-state index in [1.54, 1.807) is 55.4 Å². The number of halogens is 3. The van der Waals surface area contributed by atoms with E-state index in [9.17, 15) is 36.3 Å². The maximum Gasteiger partial charge on any atom is 0.490 e. The summed E-state index contributed by atoms with van der Waals surface area (Å²) in [7, 11) is -0.329. The summed E-state index contributed by atoms with van der Waals surface area (Å²) in [5.41, 5.74) is 1.24. The summed E-state index contributed by atoms with van der Waals surface area (Å²) in [6.45, 7) is 2.97. The van der Waals surface area contributed by atoms with Crippen LogP contribution in [-0.2, 0) is 25.4 Å². The molecule has 2 aromatic rings. The Kier molecular flexibility index (Phi) is 10.7. The van der Waals surface area contributed by atoms with E-state index in [2.05, 4.69) is 9.62 Å². The SMILES string of the molecule is CN(C)C(=O)CN1CCN(c2ccc(NS(=O)(=O)Cc3ccccc3)c(C(=O)O)c2)CC1.O=C(O)C(F)(F)F. The molecule has 11 nitrogen and oxygen atoms in total. The molecule has 0 spiro atoms. The molecule has 0 bridgehead atoms. The first-order valence-electron chi connectivity index (χ1n) is 11.5. The number of sulfonamides is 1. The lowest BCUT2D eigenvalue weighted by Crippen LogP contribution is -2.49. The summed E-state index contributed by atoms with van der Waals surface area (Å²) in [4.78, 5) is 38.3. The lowest BCUT2D eigenvalue weighted by atomic mass is 10.1. The fourth-order valence-corrected chi connectivity index (χ4v) is 4.71. The highest BCUT2D eigenvalue weighted by atomic mass is 32.2. The normalized spacial score (nSPS) is 14.1. The van der Waals surface area contributed by atoms with E-state index in [0.717, 1.165) is 0 Å². The summed E-state index contributed by atoms with van der Waals surface area (Å²) in [5.74, 6) is -4.17. The number of likely N-dealkylation sites (N-methyl/N-ethyl adjacent to an activating group) is 1. The maximum absolute atomic E-state index is 12.6. The van der Waals surface area contributed by atoms with Gasteiger partial charge in [0.25, 0.3) is 0 Å². The molecule has 0 radical (unpaired) electrons. The van der Waals surface area contributed by atoms with Gasteiger partial charge >= 0.3 is 18.1 Å². The molecule has 39 heavy (non-hydrogen) atoms. The van der Waals surface area contributed by atoms with Gasteiger partial charge in [-0.15, -0.1) is 0 Å². The molecule has 0 atom stereocenters. The predicted octanol–water partition coefficient (Wildman–Crippen LogP) is 2.17. The number of benzene rings is 2. The van der Waals surface area contributed by atoms with E-state index >= 15 is 0 Å². The maximum atomic E-state index is 12.6. The molecule has 3 N–H and O–H groups in total. The van der Waals surface area contributed by atoms with Crippen molar-refractivity contribution in [2.75, 3.05) is 56.4 Å². The number of aromatic carboxylic acids is 1. The van der Waals surface area contributed by atoms with Crippen LogP contribution in [0.3, 0.4) is 0 Å². The standard InChI is InChI=1S/C22H28N4O5S.C2HF3O2/c1-24(2)21(27)15-25-10-12-26(13-11-25)18-8-9-20(19(14-18)22(28)29)23-32(30,31)16-17-6-4-3-5-7-17;3-2(4,5)1(6)7/h3-9,14,23H,10-13,15-16H2,1-2H3,(H,28,29);(H,6,7). The lowest BCUT2D eigenvalue weighted by molar-refractivity contribution is -0.192. The van der Waals surface area contributed by atoms with Crippen LogP contribution in [0.5, 0.6) is 0 Å². The van der Waals surface area contributed by atoms with Crippen LogP contribution in [-0.4, -0.2) is 99.3 Å². The topological polar surface area (TPSA) is 148 Å². The van der Waals surface area contributed by atoms with E-state index in [1.165, 1.54) is 12.1 Å². The van der Waals surface area contributed by atoms with Crippen molar-refractivity contribution in [2.24, 2.45) is 0 Å². The molecular formula is C24H29F3N4O7S. The van der Waals surface area contributed by atoms with Crippen LogP contribution in [0.1, 0.15) is 15.9 Å². The van der Waals surface area contributed by atoms with Crippen molar-refractivity contribution in [3.8, 4) is 0 Å². The van der Waals surface area contributed by atoms with Crippen molar-refractivity contribution in [3.63, 3.8) is 0 Å². The van der Waals surface area contributed by atoms with Crippen LogP contribution in [0.4, 0.5) is 24.5 Å². The highest BCUT2D eigenvalue weighted by Gasteiger charge is 2.38. The quantitative estimate of drug-likeness (QED) is 0.432. The second kappa shape index (κ2) is 13.3. The van der Waals surface area contributed by atoms with Gasteiger partial charge in [0, 0.05) is 46.0 Å². The van der Waals surface area contributed by atoms with Gasteiger partial charge in [-0.05, 0) is 23.8 Å². The minimum Gasteiger partial charge on any atom is -0.478 e. The number of anilines is 2. The van der Waals surface area contributed by atoms with Crippen LogP contribution < -0.4 is 9.62 Å². The van der Waals surface area contributed by atoms with Crippen molar-refractivity contribution in [1.29, 1.82) is 0 Å². The molecule has 1 saturated heterocycles. The van der Waals surface area contributed by atoms with Gasteiger partial charge in [0.05, 0.1) is 23.5 Å². The van der Waals surface area contributed by atoms with Gasteiger partial charge < -0.3 is 20.0 Å². The molecule has 1 amide bonds. The molecule has 15 heteroatoms. The smallest absolute Gasteiger partial charge is 0.478 e. The Bertz CT molecular complexity index is 1260. The molecule has 0 aliphatic carbocycles. The van der Waals surface area contributed by atoms with Gasteiger partial charge in [0.15, 0.2) is 0 Å². The molecule has 214 valence electrons. The van der Waals surface area contributed by atoms with Gasteiger partial charge in [-0.1, -0.05) is 30.3 Å². The first-order valence-corrected chi connectivity index (χ1v) is 13.1. The van der Waals surface area contributed by atoms with Crippen LogP contribution in [0.15, 0.2) is 48.5 Å². The zero-order chi connectivity index (χ0) is 29.4. The van der Waals surface area contributed by atoms with Crippen LogP contribution in [0.2, 0.25) is 0 Å². The molecule has 1 aliphatic heterocycles. The largest absolute Gasteiger partial charge is 0.490 e. The van der Waals surface area contributed by atoms with E-state index in [1.807, 2.05) is 4.90 Å². The summed E-state index contributed by atoms with van der Waals surface area (Å²) in [6.07, 6.45) is -5.08. The van der Waals surface area contributed by atoms with Gasteiger partial charge in [0.2, 0.25) is 15.9 Å². The number of nitrogens with zero attached hydrogens (tertiary/aromatic N) is 3. The van der Waals surface area contributed by atoms with Crippen LogP contribution in [0.25, 0.3) is 0 Å². The molecule has 2 aromatic carbocycles. The molecule has 0 saturated carbocycles. The number of carbonyl (C=O) groups excluding carboxylic acids is 1. The van der Waals surface area contributed by atoms with Crippen molar-refractivity contribution in [1.82, 2.24) is 9.80 Å². The van der Waals surface area contributed by atoms with E-state index < -0.39 is 28.1 Å². The third kappa shape index (κ3) is 10.1. The highest BCUT2D eigenvalue weighted by molar-refractivity contribution is 7.91. The molecule has 1 heterocycles. The first kappa shape index (κ1) is 31.4. The van der Waals surface area contributed by atoms with E-state index in [-0.39, 0.29) is 22.9 Å². The fourth-order valence-electron chi connectivity index (χ4n) is 3.49. The molecule has 1 aliphatic rings. The van der Waals surface area contributed by atoms with Crippen LogP contribution in [0, 0.1) is 0 Å². The molecule has 0 unspecified atom stereocenters. The number of carboxylic acids is 2. The fraction of sp³-hybridized carbons (Fsp3) is 0.375. The number of piperazine rings is 1. The number of alkyl halides is 3. The van der Waals surface area contributed by atoms with E-state index in [4.69, 9.17) is 9.90 Å². The monoisotopic (exact) mass is 574 g/mol. The average molecular weight is 575 g/mol. The van der Waals surface area contributed by atoms with Crippen molar-refractivity contribution >= 4 is 39.2 Å². The second-order valence-corrected chi connectivity index (χ2v) is 10.5. The Morgan fingerprint density at radius 2 is 1.54 bits per heavy atom. The number of carboxylic acid groups (broad SMARTS) is 2. The third-order valence-electron chi connectivity index (χ3n) is 5.54. The van der Waals surface area contributed by atoms with Gasteiger partial charge in [-0.2, -0.15) is 13.2 Å². The first-order chi connectivity index (χ1) is 18.1. The lowest BCUT2D eigenvalue weighted by Gasteiger charge is -2.36. The molecule has 0 aromatic heterocycles. The van der Waals surface area contributed by atoms with Gasteiger partial charge in [-0.3, -0.25) is 14.4 Å². The molecule has 1 fully saturated rings. The highest BCUT2D eigenvalue weighted by Crippen LogP contribution is 2.26. The Labute approximate surface area is 223 Å². The van der Waals surface area contributed by atoms with E-state index in [0.29, 0.717) is 44.0 Å². The van der Waals surface area contributed by atoms with Gasteiger partial charge in [-0.25, -0.2) is 18.0 Å². The molecule has 3 rings (SSSR count). The minimum atomic E-state index is -5.08. The number of hydrogen-bond acceptors (Lipinski definition) is 7. The average Bonchev–Trinajstić information content (AvgIpc) is 2.84. The Morgan fingerprint density at radius 3 is 2.03 bits per heavy atom. The third-order valence-corrected chi connectivity index (χ3v) is 6.78. The van der Waals surface area contributed by atoms with Gasteiger partial charge in [0.1, 0.15) is 0 Å². The summed E-state index contributed by atoms with van der Waals surface area (Å²) >= 11 is 0. The zero-order valence-electron chi connectivity index (χ0n) is 21.2. The Hall–Kier alpha value is -3.85.